The molecule has 0 saturated heterocycles. The lowest BCUT2D eigenvalue weighted by Gasteiger charge is -2.08. The number of fused-ring (bicyclic) bond motifs is 3. The third-order valence-electron chi connectivity index (χ3n) is 4.14. The fourth-order valence-electron chi connectivity index (χ4n) is 3.14. The molecule has 1 nitrogen and oxygen atoms in total. The zero-order valence-corrected chi connectivity index (χ0v) is 13.4. The second-order valence-electron chi connectivity index (χ2n) is 5.86. The Balaban J connectivity index is 2.21. The summed E-state index contributed by atoms with van der Waals surface area (Å²) in [5, 5.41) is 3.33. The molecule has 108 valence electrons. The van der Waals surface area contributed by atoms with Crippen LogP contribution in [0.2, 0.25) is 5.02 Å². The van der Waals surface area contributed by atoms with Gasteiger partial charge in [-0.25, -0.2) is 0 Å². The normalized spacial score (nSPS) is 11.4. The Morgan fingerprint density at radius 2 is 1.50 bits per heavy atom. The molecule has 1 aromatic heterocycles. The Bertz CT molecular complexity index is 1010. The first-order chi connectivity index (χ1) is 10.6. The topological polar surface area (TPSA) is 4.93 Å². The van der Waals surface area contributed by atoms with E-state index in [1.165, 1.54) is 32.9 Å². The van der Waals surface area contributed by atoms with Crippen LogP contribution in [-0.2, 0) is 0 Å². The molecule has 1 heterocycles. The van der Waals surface area contributed by atoms with Gasteiger partial charge in [-0.05, 0) is 55.8 Å². The Hall–Kier alpha value is -2.25. The zero-order chi connectivity index (χ0) is 15.3. The minimum Gasteiger partial charge on any atom is -0.309 e. The second kappa shape index (κ2) is 4.89. The van der Waals surface area contributed by atoms with Crippen molar-refractivity contribution in [3.8, 4) is 5.69 Å². The van der Waals surface area contributed by atoms with Gasteiger partial charge in [-0.3, -0.25) is 0 Å². The van der Waals surface area contributed by atoms with Gasteiger partial charge in [0.1, 0.15) is 0 Å². The van der Waals surface area contributed by atoms with Crippen LogP contribution in [0.15, 0.2) is 60.7 Å². The average molecular weight is 306 g/mol. The van der Waals surface area contributed by atoms with Crippen molar-refractivity contribution in [2.24, 2.45) is 0 Å². The lowest BCUT2D eigenvalue weighted by Crippen LogP contribution is -1.93. The van der Waals surface area contributed by atoms with E-state index >= 15 is 0 Å². The van der Waals surface area contributed by atoms with Crippen LogP contribution in [0.5, 0.6) is 0 Å². The number of hydrogen-bond acceptors (Lipinski definition) is 0. The highest BCUT2D eigenvalue weighted by Crippen LogP contribution is 2.33. The monoisotopic (exact) mass is 305 g/mol. The molecule has 0 aliphatic heterocycles. The van der Waals surface area contributed by atoms with Gasteiger partial charge >= 0.3 is 0 Å². The molecule has 0 saturated carbocycles. The maximum Gasteiger partial charge on any atom is 0.0543 e. The van der Waals surface area contributed by atoms with E-state index in [0.29, 0.717) is 0 Å². The Morgan fingerprint density at radius 1 is 0.727 bits per heavy atom. The maximum absolute atomic E-state index is 6.21. The molecule has 0 fully saturated rings. The first-order valence-corrected chi connectivity index (χ1v) is 7.79. The second-order valence-corrected chi connectivity index (χ2v) is 6.29. The highest BCUT2D eigenvalue weighted by atomic mass is 35.5. The molecule has 0 unspecified atom stereocenters. The molecule has 4 rings (SSSR count). The molecule has 0 aliphatic rings. The van der Waals surface area contributed by atoms with Crippen molar-refractivity contribution in [1.29, 1.82) is 0 Å². The summed E-state index contributed by atoms with van der Waals surface area (Å²) in [6.07, 6.45) is 0. The number of nitrogens with zero attached hydrogens (tertiary/aromatic N) is 1. The van der Waals surface area contributed by atoms with Gasteiger partial charge in [0.15, 0.2) is 0 Å². The zero-order valence-electron chi connectivity index (χ0n) is 12.6. The van der Waals surface area contributed by atoms with Gasteiger partial charge in [-0.1, -0.05) is 41.4 Å². The molecule has 0 spiro atoms. The predicted molar refractivity (Wildman–Crippen MR) is 95.3 cm³/mol. The Morgan fingerprint density at radius 3 is 2.32 bits per heavy atom. The maximum atomic E-state index is 6.21. The van der Waals surface area contributed by atoms with Crippen LogP contribution in [-0.4, -0.2) is 4.57 Å². The van der Waals surface area contributed by atoms with E-state index in [1.54, 1.807) is 0 Å². The van der Waals surface area contributed by atoms with E-state index in [4.69, 9.17) is 11.6 Å². The highest BCUT2D eigenvalue weighted by molar-refractivity contribution is 6.30. The molecule has 3 aromatic carbocycles. The molecule has 0 bridgehead atoms. The van der Waals surface area contributed by atoms with Crippen molar-refractivity contribution in [3.05, 3.63) is 76.8 Å². The van der Waals surface area contributed by atoms with E-state index in [1.807, 2.05) is 18.2 Å². The van der Waals surface area contributed by atoms with Gasteiger partial charge in [-0.2, -0.15) is 0 Å². The molecule has 4 aromatic rings. The smallest absolute Gasteiger partial charge is 0.0543 e. The number of aromatic nitrogens is 1. The number of aryl methyl sites for hydroxylation is 2. The van der Waals surface area contributed by atoms with Gasteiger partial charge in [0.2, 0.25) is 0 Å². The lowest BCUT2D eigenvalue weighted by molar-refractivity contribution is 1.18. The number of rotatable bonds is 1. The summed E-state index contributed by atoms with van der Waals surface area (Å²) in [7, 11) is 0. The van der Waals surface area contributed by atoms with E-state index in [2.05, 4.69) is 60.9 Å². The third-order valence-corrected chi connectivity index (χ3v) is 4.38. The standard InChI is InChI=1S/C20H16ClN/c1-13-7-9-19-18(10-13)17-8-6-14(2)11-20(17)22(19)16-5-3-4-15(21)12-16/h3-12H,1-2H3. The van der Waals surface area contributed by atoms with Crippen LogP contribution < -0.4 is 0 Å². The Kier molecular flexibility index (Phi) is 2.98. The number of halogens is 1. The molecule has 0 atom stereocenters. The van der Waals surface area contributed by atoms with E-state index in [-0.39, 0.29) is 0 Å². The first-order valence-electron chi connectivity index (χ1n) is 7.41. The molecule has 0 amide bonds. The summed E-state index contributed by atoms with van der Waals surface area (Å²) in [6.45, 7) is 4.26. The van der Waals surface area contributed by atoms with Crippen LogP contribution >= 0.6 is 11.6 Å². The van der Waals surface area contributed by atoms with Crippen molar-refractivity contribution in [2.75, 3.05) is 0 Å². The fraction of sp³-hybridized carbons (Fsp3) is 0.100. The van der Waals surface area contributed by atoms with Crippen LogP contribution in [0.25, 0.3) is 27.5 Å². The highest BCUT2D eigenvalue weighted by Gasteiger charge is 2.12. The van der Waals surface area contributed by atoms with Crippen molar-refractivity contribution in [3.63, 3.8) is 0 Å². The van der Waals surface area contributed by atoms with Crippen molar-refractivity contribution in [2.45, 2.75) is 13.8 Å². The van der Waals surface area contributed by atoms with Crippen LogP contribution in [0, 0.1) is 13.8 Å². The van der Waals surface area contributed by atoms with Gasteiger partial charge in [-0.15, -0.1) is 0 Å². The molecule has 0 aliphatic carbocycles. The van der Waals surface area contributed by atoms with Crippen LogP contribution in [0.1, 0.15) is 11.1 Å². The SMILES string of the molecule is Cc1ccc2c(c1)c1ccc(C)cc1n2-c1cccc(Cl)c1. The third kappa shape index (κ3) is 2.01. The van der Waals surface area contributed by atoms with Gasteiger partial charge in [0.05, 0.1) is 11.0 Å². The quantitative estimate of drug-likeness (QED) is 0.403. The summed E-state index contributed by atoms with van der Waals surface area (Å²) in [5.41, 5.74) is 6.08. The molecule has 0 radical (unpaired) electrons. The minimum atomic E-state index is 0.757. The van der Waals surface area contributed by atoms with Crippen molar-refractivity contribution < 1.29 is 0 Å². The summed E-state index contributed by atoms with van der Waals surface area (Å²) < 4.78 is 2.29. The lowest BCUT2D eigenvalue weighted by atomic mass is 10.1. The fourth-order valence-corrected chi connectivity index (χ4v) is 3.32. The minimum absolute atomic E-state index is 0.757. The van der Waals surface area contributed by atoms with Gasteiger partial charge < -0.3 is 4.57 Å². The predicted octanol–water partition coefficient (Wildman–Crippen LogP) is 6.05. The van der Waals surface area contributed by atoms with Crippen molar-refractivity contribution >= 4 is 33.4 Å². The summed E-state index contributed by atoms with van der Waals surface area (Å²) in [6, 6.07) is 21.3. The van der Waals surface area contributed by atoms with E-state index in [0.717, 1.165) is 10.7 Å². The van der Waals surface area contributed by atoms with Gasteiger partial charge in [0.25, 0.3) is 0 Å². The van der Waals surface area contributed by atoms with Crippen molar-refractivity contribution in [1.82, 2.24) is 4.57 Å². The van der Waals surface area contributed by atoms with Gasteiger partial charge in [0, 0.05) is 21.5 Å². The largest absolute Gasteiger partial charge is 0.309 e. The Labute approximate surface area is 134 Å². The molecule has 2 heteroatoms. The molecule has 0 N–H and O–H groups in total. The molecular formula is C20H16ClN. The summed E-state index contributed by atoms with van der Waals surface area (Å²) >= 11 is 6.21. The average Bonchev–Trinajstić information content (AvgIpc) is 2.80. The molecular weight excluding hydrogens is 290 g/mol. The number of benzene rings is 3. The molecule has 22 heavy (non-hydrogen) atoms. The van der Waals surface area contributed by atoms with E-state index < -0.39 is 0 Å². The summed E-state index contributed by atoms with van der Waals surface area (Å²) in [5.74, 6) is 0. The first kappa shape index (κ1) is 13.4. The number of hydrogen-bond donors (Lipinski definition) is 0. The summed E-state index contributed by atoms with van der Waals surface area (Å²) in [4.78, 5) is 0. The van der Waals surface area contributed by atoms with Crippen LogP contribution in [0.3, 0.4) is 0 Å². The van der Waals surface area contributed by atoms with E-state index in [9.17, 15) is 0 Å². The van der Waals surface area contributed by atoms with Crippen LogP contribution in [0.4, 0.5) is 0 Å².